The van der Waals surface area contributed by atoms with E-state index in [1.54, 1.807) is 0 Å². The number of aryl methyl sites for hydroxylation is 2. The maximum atomic E-state index is 12.9. The second-order valence-electron chi connectivity index (χ2n) is 6.20. The van der Waals surface area contributed by atoms with Crippen molar-refractivity contribution < 1.29 is 9.50 Å². The monoisotopic (exact) mass is 315 g/mol. The fourth-order valence-corrected chi connectivity index (χ4v) is 2.88. The molecule has 0 aliphatic heterocycles. The number of aromatic nitrogens is 2. The fourth-order valence-electron chi connectivity index (χ4n) is 2.88. The molecular weight excluding hydrogens is 293 g/mol. The maximum absolute atomic E-state index is 12.9. The van der Waals surface area contributed by atoms with Crippen molar-refractivity contribution in [1.82, 2.24) is 9.97 Å². The Labute approximate surface area is 135 Å². The molecule has 122 valence electrons. The van der Waals surface area contributed by atoms with E-state index in [9.17, 15) is 9.50 Å². The van der Waals surface area contributed by atoms with Crippen LogP contribution in [0.4, 0.5) is 10.2 Å². The van der Waals surface area contributed by atoms with Crippen molar-refractivity contribution in [2.24, 2.45) is 0 Å². The van der Waals surface area contributed by atoms with Crippen LogP contribution < -0.4 is 5.32 Å². The van der Waals surface area contributed by atoms with Crippen LogP contribution in [-0.4, -0.2) is 27.7 Å². The number of hydrogen-bond donors (Lipinski definition) is 2. The minimum atomic E-state index is -0.197. The molecule has 1 fully saturated rings. The summed E-state index contributed by atoms with van der Waals surface area (Å²) in [6.07, 6.45) is 3.26. The molecule has 0 spiro atoms. The third kappa shape index (κ3) is 4.26. The predicted molar refractivity (Wildman–Crippen MR) is 88.0 cm³/mol. The first-order chi connectivity index (χ1) is 11.1. The molecule has 0 unspecified atom stereocenters. The molecular formula is C18H22FN3O. The number of rotatable bonds is 6. The Hall–Kier alpha value is -2.01. The summed E-state index contributed by atoms with van der Waals surface area (Å²) in [7, 11) is 0. The lowest BCUT2D eigenvalue weighted by Crippen LogP contribution is -2.27. The molecule has 23 heavy (non-hydrogen) atoms. The number of aliphatic hydroxyl groups excluding tert-OH is 1. The van der Waals surface area contributed by atoms with Gasteiger partial charge in [0.15, 0.2) is 0 Å². The second-order valence-corrected chi connectivity index (χ2v) is 6.20. The number of benzene rings is 1. The lowest BCUT2D eigenvalue weighted by molar-refractivity contribution is 0.0731. The van der Waals surface area contributed by atoms with Gasteiger partial charge in [0.25, 0.3) is 0 Å². The summed E-state index contributed by atoms with van der Waals surface area (Å²) in [6.45, 7) is 2.70. The smallest absolute Gasteiger partial charge is 0.129 e. The van der Waals surface area contributed by atoms with Crippen molar-refractivity contribution >= 4 is 5.82 Å². The van der Waals surface area contributed by atoms with E-state index >= 15 is 0 Å². The molecule has 0 radical (unpaired) electrons. The number of hydrogen-bond acceptors (Lipinski definition) is 4. The number of anilines is 1. The molecule has 1 aliphatic rings. The first-order valence-electron chi connectivity index (χ1n) is 8.12. The lowest BCUT2D eigenvalue weighted by atomic mass is 9.80. The molecule has 0 atom stereocenters. The second kappa shape index (κ2) is 7.04. The van der Waals surface area contributed by atoms with Crippen molar-refractivity contribution in [3.8, 4) is 0 Å². The van der Waals surface area contributed by atoms with Gasteiger partial charge >= 0.3 is 0 Å². The zero-order valence-electron chi connectivity index (χ0n) is 13.3. The van der Waals surface area contributed by atoms with E-state index in [-0.39, 0.29) is 11.9 Å². The highest BCUT2D eigenvalue weighted by Gasteiger charge is 2.30. The maximum Gasteiger partial charge on any atom is 0.129 e. The Morgan fingerprint density at radius 1 is 1.22 bits per heavy atom. The van der Waals surface area contributed by atoms with E-state index in [1.807, 2.05) is 25.1 Å². The van der Waals surface area contributed by atoms with Crippen LogP contribution in [0, 0.1) is 12.7 Å². The molecule has 1 saturated carbocycles. The van der Waals surface area contributed by atoms with Crippen molar-refractivity contribution in [2.75, 3.05) is 11.9 Å². The van der Waals surface area contributed by atoms with E-state index in [4.69, 9.17) is 0 Å². The topological polar surface area (TPSA) is 58.0 Å². The number of halogens is 1. The number of nitrogens with zero attached hydrogens (tertiary/aromatic N) is 2. The molecule has 0 bridgehead atoms. The quantitative estimate of drug-likeness (QED) is 0.804. The van der Waals surface area contributed by atoms with Crippen molar-refractivity contribution in [3.63, 3.8) is 0 Å². The van der Waals surface area contributed by atoms with Gasteiger partial charge in [-0.05, 0) is 50.3 Å². The summed E-state index contributed by atoms with van der Waals surface area (Å²) in [4.78, 5) is 8.89. The third-order valence-electron chi connectivity index (χ3n) is 4.25. The average Bonchev–Trinajstić information content (AvgIpc) is 2.50. The van der Waals surface area contributed by atoms with Crippen molar-refractivity contribution in [2.45, 2.75) is 44.6 Å². The molecule has 3 rings (SSSR count). The lowest BCUT2D eigenvalue weighted by Gasteiger charge is -2.31. The van der Waals surface area contributed by atoms with Gasteiger partial charge in [0, 0.05) is 24.2 Å². The molecule has 1 aromatic carbocycles. The highest BCUT2D eigenvalue weighted by atomic mass is 19.1. The Kier molecular flexibility index (Phi) is 4.86. The zero-order chi connectivity index (χ0) is 16.2. The van der Waals surface area contributed by atoms with E-state index in [0.717, 1.165) is 55.1 Å². The molecule has 5 heteroatoms. The van der Waals surface area contributed by atoms with Gasteiger partial charge in [-0.3, -0.25) is 0 Å². The van der Waals surface area contributed by atoms with Crippen molar-refractivity contribution in [1.29, 1.82) is 0 Å². The van der Waals surface area contributed by atoms with Gasteiger partial charge in [-0.15, -0.1) is 0 Å². The van der Waals surface area contributed by atoms with Crippen LogP contribution in [0.3, 0.4) is 0 Å². The van der Waals surface area contributed by atoms with Gasteiger partial charge in [-0.25, -0.2) is 14.4 Å². The average molecular weight is 315 g/mol. The van der Waals surface area contributed by atoms with Crippen LogP contribution in [0.5, 0.6) is 0 Å². The normalized spacial score (nSPS) is 20.1. The number of nitrogens with one attached hydrogen (secondary N) is 1. The molecule has 0 saturated heterocycles. The van der Waals surface area contributed by atoms with Crippen LogP contribution in [-0.2, 0) is 6.42 Å². The standard InChI is InChI=1S/C18H22FN3O/c1-12-21-17(14-9-16(23)10-14)11-18(22-12)20-8-2-3-13-4-6-15(19)7-5-13/h4-7,11,14,16,23H,2-3,8-10H2,1H3,(H,20,21,22). The Balaban J connectivity index is 1.50. The first-order valence-corrected chi connectivity index (χ1v) is 8.12. The summed E-state index contributed by atoms with van der Waals surface area (Å²) in [6, 6.07) is 8.63. The van der Waals surface area contributed by atoms with E-state index in [0.29, 0.717) is 5.92 Å². The molecule has 2 N–H and O–H groups in total. The minimum Gasteiger partial charge on any atom is -0.393 e. The van der Waals surface area contributed by atoms with E-state index in [1.165, 1.54) is 12.1 Å². The van der Waals surface area contributed by atoms with Crippen LogP contribution >= 0.6 is 0 Å². The fraction of sp³-hybridized carbons (Fsp3) is 0.444. The highest BCUT2D eigenvalue weighted by Crippen LogP contribution is 2.36. The van der Waals surface area contributed by atoms with Gasteiger partial charge in [0.1, 0.15) is 17.5 Å². The molecule has 0 amide bonds. The molecule has 2 aromatic rings. The van der Waals surface area contributed by atoms with Gasteiger partial charge < -0.3 is 10.4 Å². The molecule has 4 nitrogen and oxygen atoms in total. The van der Waals surface area contributed by atoms with Crippen molar-refractivity contribution in [3.05, 3.63) is 53.2 Å². The Morgan fingerprint density at radius 3 is 2.65 bits per heavy atom. The minimum absolute atomic E-state index is 0.178. The summed E-state index contributed by atoms with van der Waals surface area (Å²) in [5, 5.41) is 12.8. The van der Waals surface area contributed by atoms with Gasteiger partial charge in [0.05, 0.1) is 6.10 Å². The van der Waals surface area contributed by atoms with Gasteiger partial charge in [-0.1, -0.05) is 12.1 Å². The summed E-state index contributed by atoms with van der Waals surface area (Å²) in [5.41, 5.74) is 2.15. The van der Waals surface area contributed by atoms with Crippen LogP contribution in [0.1, 0.15) is 42.3 Å². The molecule has 1 aliphatic carbocycles. The molecule has 1 heterocycles. The van der Waals surface area contributed by atoms with E-state index < -0.39 is 0 Å². The Morgan fingerprint density at radius 2 is 1.96 bits per heavy atom. The van der Waals surface area contributed by atoms with E-state index in [2.05, 4.69) is 15.3 Å². The Bertz CT molecular complexity index is 654. The van der Waals surface area contributed by atoms with Crippen LogP contribution in [0.25, 0.3) is 0 Å². The third-order valence-corrected chi connectivity index (χ3v) is 4.25. The van der Waals surface area contributed by atoms with Crippen LogP contribution in [0.2, 0.25) is 0 Å². The number of aliphatic hydroxyl groups is 1. The predicted octanol–water partition coefficient (Wildman–Crippen LogP) is 3.21. The summed E-state index contributed by atoms with van der Waals surface area (Å²) >= 11 is 0. The molecule has 1 aromatic heterocycles. The van der Waals surface area contributed by atoms with Gasteiger partial charge in [-0.2, -0.15) is 0 Å². The zero-order valence-corrected chi connectivity index (χ0v) is 13.3. The SMILES string of the molecule is Cc1nc(NCCCc2ccc(F)cc2)cc(C2CC(O)C2)n1. The summed E-state index contributed by atoms with van der Waals surface area (Å²) < 4.78 is 12.9. The summed E-state index contributed by atoms with van der Waals surface area (Å²) in [5.74, 6) is 1.75. The largest absolute Gasteiger partial charge is 0.393 e. The van der Waals surface area contributed by atoms with Gasteiger partial charge in [0.2, 0.25) is 0 Å². The first kappa shape index (κ1) is 15.9. The van der Waals surface area contributed by atoms with Crippen LogP contribution in [0.15, 0.2) is 30.3 Å². The highest BCUT2D eigenvalue weighted by molar-refractivity contribution is 5.37.